The highest BCUT2D eigenvalue weighted by molar-refractivity contribution is 9.10. The Balaban J connectivity index is 1.87. The minimum absolute atomic E-state index is 0.467. The van der Waals surface area contributed by atoms with E-state index in [9.17, 15) is 9.59 Å². The average Bonchev–Trinajstić information content (AvgIpc) is 3.09. The van der Waals surface area contributed by atoms with E-state index >= 15 is 0 Å². The molecule has 0 radical (unpaired) electrons. The highest BCUT2D eigenvalue weighted by Gasteiger charge is 2.21. The molecule has 7 nitrogen and oxygen atoms in total. The number of primary amides is 1. The van der Waals surface area contributed by atoms with Gasteiger partial charge in [0.05, 0.1) is 5.25 Å². The summed E-state index contributed by atoms with van der Waals surface area (Å²) in [7, 11) is 0. The van der Waals surface area contributed by atoms with Gasteiger partial charge in [-0.25, -0.2) is 4.79 Å². The van der Waals surface area contributed by atoms with Crippen LogP contribution >= 0.6 is 27.7 Å². The van der Waals surface area contributed by atoms with E-state index in [1.807, 2.05) is 47.0 Å². The maximum Gasteiger partial charge on any atom is 0.318 e. The number of nitrogens with two attached hydrogens (primary N) is 1. The van der Waals surface area contributed by atoms with Gasteiger partial charge in [-0.1, -0.05) is 70.2 Å². The zero-order valence-electron chi connectivity index (χ0n) is 15.7. The third-order valence-electron chi connectivity index (χ3n) is 4.18. The van der Waals surface area contributed by atoms with E-state index in [1.54, 1.807) is 6.92 Å². The number of rotatable bonds is 7. The second-order valence-electron chi connectivity index (χ2n) is 6.31. The second kappa shape index (κ2) is 9.71. The number of aryl methyl sites for hydroxylation is 1. The van der Waals surface area contributed by atoms with Gasteiger partial charge in [-0.15, -0.1) is 10.2 Å². The molecule has 0 unspecified atom stereocenters. The van der Waals surface area contributed by atoms with Crippen molar-refractivity contribution in [2.24, 2.45) is 5.73 Å². The molecule has 1 atom stereocenters. The van der Waals surface area contributed by atoms with Crippen molar-refractivity contribution < 1.29 is 9.59 Å². The SMILES string of the molecule is C[C@@H](Sc1nnc(-c2ccc(Br)cc2)n1CCc1ccccc1)C(=O)NC(N)=O. The van der Waals surface area contributed by atoms with Gasteiger partial charge in [-0.3, -0.25) is 10.1 Å². The van der Waals surface area contributed by atoms with Crippen molar-refractivity contribution in [1.29, 1.82) is 0 Å². The number of carbonyl (C=O) groups is 2. The molecular weight excluding hydrogens is 454 g/mol. The quantitative estimate of drug-likeness (QED) is 0.510. The Hall–Kier alpha value is -2.65. The van der Waals surface area contributed by atoms with Crippen molar-refractivity contribution in [3.05, 3.63) is 64.6 Å². The first-order valence-electron chi connectivity index (χ1n) is 8.94. The zero-order chi connectivity index (χ0) is 20.8. The third kappa shape index (κ3) is 5.68. The van der Waals surface area contributed by atoms with E-state index in [0.29, 0.717) is 11.7 Å². The molecule has 3 amide bonds. The normalized spacial score (nSPS) is 11.8. The Morgan fingerprint density at radius 3 is 2.48 bits per heavy atom. The fourth-order valence-corrected chi connectivity index (χ4v) is 3.85. The third-order valence-corrected chi connectivity index (χ3v) is 5.79. The summed E-state index contributed by atoms with van der Waals surface area (Å²) < 4.78 is 2.97. The zero-order valence-corrected chi connectivity index (χ0v) is 18.1. The minimum atomic E-state index is -0.872. The molecule has 3 N–H and O–H groups in total. The molecule has 0 aliphatic heterocycles. The average molecular weight is 474 g/mol. The lowest BCUT2D eigenvalue weighted by Crippen LogP contribution is -2.39. The minimum Gasteiger partial charge on any atom is -0.351 e. The van der Waals surface area contributed by atoms with Gasteiger partial charge in [0.1, 0.15) is 0 Å². The molecule has 0 spiro atoms. The molecule has 3 aromatic rings. The van der Waals surface area contributed by atoms with Gasteiger partial charge in [0.25, 0.3) is 0 Å². The van der Waals surface area contributed by atoms with Crippen LogP contribution in [0.2, 0.25) is 0 Å². The van der Waals surface area contributed by atoms with Gasteiger partial charge in [0.15, 0.2) is 11.0 Å². The van der Waals surface area contributed by atoms with Crippen LogP contribution < -0.4 is 11.1 Å². The number of aromatic nitrogens is 3. The van der Waals surface area contributed by atoms with Crippen LogP contribution in [0.25, 0.3) is 11.4 Å². The molecule has 3 rings (SSSR count). The van der Waals surface area contributed by atoms with Crippen molar-refractivity contribution in [2.45, 2.75) is 30.3 Å². The van der Waals surface area contributed by atoms with Gasteiger partial charge >= 0.3 is 6.03 Å². The molecule has 150 valence electrons. The molecule has 9 heteroatoms. The maximum absolute atomic E-state index is 12.1. The molecule has 1 aromatic heterocycles. The summed E-state index contributed by atoms with van der Waals surface area (Å²) in [6, 6.07) is 17.1. The lowest BCUT2D eigenvalue weighted by Gasteiger charge is -2.13. The van der Waals surface area contributed by atoms with Gasteiger partial charge in [0, 0.05) is 16.6 Å². The fraction of sp³-hybridized carbons (Fsp3) is 0.200. The summed E-state index contributed by atoms with van der Waals surface area (Å²) in [5, 5.41) is 10.8. The Bertz CT molecular complexity index is 992. The standard InChI is InChI=1S/C20H20BrN5O2S/c1-13(18(27)23-19(22)28)29-20-25-24-17(15-7-9-16(21)10-8-15)26(20)12-11-14-5-3-2-4-6-14/h2-10,13H,11-12H2,1H3,(H3,22,23,27,28)/t13-/m1/s1. The number of nitrogens with zero attached hydrogens (tertiary/aromatic N) is 3. The van der Waals surface area contributed by atoms with Crippen molar-refractivity contribution in [3.8, 4) is 11.4 Å². The van der Waals surface area contributed by atoms with E-state index in [2.05, 4.69) is 43.6 Å². The monoisotopic (exact) mass is 473 g/mol. The van der Waals surface area contributed by atoms with Crippen molar-refractivity contribution in [1.82, 2.24) is 20.1 Å². The van der Waals surface area contributed by atoms with E-state index in [0.717, 1.165) is 22.3 Å². The smallest absolute Gasteiger partial charge is 0.318 e. The second-order valence-corrected chi connectivity index (χ2v) is 8.54. The highest BCUT2D eigenvalue weighted by Crippen LogP contribution is 2.28. The van der Waals surface area contributed by atoms with Crippen LogP contribution in [-0.2, 0) is 17.8 Å². The first-order valence-corrected chi connectivity index (χ1v) is 10.6. The summed E-state index contributed by atoms with van der Waals surface area (Å²) >= 11 is 4.68. The fourth-order valence-electron chi connectivity index (χ4n) is 2.71. The summed E-state index contributed by atoms with van der Waals surface area (Å²) in [4.78, 5) is 23.0. The van der Waals surface area contributed by atoms with Crippen LogP contribution in [0, 0.1) is 0 Å². The maximum atomic E-state index is 12.1. The topological polar surface area (TPSA) is 103 Å². The first-order chi connectivity index (χ1) is 13.9. The van der Waals surface area contributed by atoms with Crippen LogP contribution in [0.1, 0.15) is 12.5 Å². The Morgan fingerprint density at radius 1 is 1.14 bits per heavy atom. The molecule has 0 saturated carbocycles. The molecule has 29 heavy (non-hydrogen) atoms. The van der Waals surface area contributed by atoms with E-state index in [1.165, 1.54) is 17.3 Å². The molecule has 0 fully saturated rings. The van der Waals surface area contributed by atoms with Crippen LogP contribution in [0.4, 0.5) is 4.79 Å². The summed E-state index contributed by atoms with van der Waals surface area (Å²) in [5.74, 6) is 0.253. The molecule has 1 heterocycles. The van der Waals surface area contributed by atoms with Gasteiger partial charge in [-0.2, -0.15) is 0 Å². The number of hydrogen-bond acceptors (Lipinski definition) is 5. The lowest BCUT2D eigenvalue weighted by atomic mass is 10.1. The number of imide groups is 1. The van der Waals surface area contributed by atoms with Gasteiger partial charge in [0.2, 0.25) is 5.91 Å². The molecule has 0 saturated heterocycles. The molecule has 0 bridgehead atoms. The molecule has 0 aliphatic carbocycles. The Kier molecular flexibility index (Phi) is 7.05. The van der Waals surface area contributed by atoms with Crippen molar-refractivity contribution >= 4 is 39.6 Å². The first kappa shape index (κ1) is 21.1. The number of halogens is 1. The summed E-state index contributed by atoms with van der Waals surface area (Å²) in [6.07, 6.45) is 0.790. The predicted molar refractivity (Wildman–Crippen MR) is 116 cm³/mol. The number of thioether (sulfide) groups is 1. The van der Waals surface area contributed by atoms with Crippen molar-refractivity contribution in [3.63, 3.8) is 0 Å². The highest BCUT2D eigenvalue weighted by atomic mass is 79.9. The van der Waals surface area contributed by atoms with Gasteiger partial charge < -0.3 is 10.3 Å². The Morgan fingerprint density at radius 2 is 1.83 bits per heavy atom. The van der Waals surface area contributed by atoms with E-state index < -0.39 is 17.2 Å². The number of carbonyl (C=O) groups excluding carboxylic acids is 2. The van der Waals surface area contributed by atoms with Crippen LogP contribution in [-0.4, -0.2) is 32.0 Å². The summed E-state index contributed by atoms with van der Waals surface area (Å²) in [6.45, 7) is 2.34. The van der Waals surface area contributed by atoms with E-state index in [-0.39, 0.29) is 0 Å². The molecule has 2 aromatic carbocycles. The predicted octanol–water partition coefficient (Wildman–Crippen LogP) is 3.63. The van der Waals surface area contributed by atoms with E-state index in [4.69, 9.17) is 5.73 Å². The van der Waals surface area contributed by atoms with Crippen LogP contribution in [0.3, 0.4) is 0 Å². The Labute approximate surface area is 181 Å². The number of amides is 3. The van der Waals surface area contributed by atoms with Crippen LogP contribution in [0.5, 0.6) is 0 Å². The largest absolute Gasteiger partial charge is 0.351 e. The summed E-state index contributed by atoms with van der Waals surface area (Å²) in [5.41, 5.74) is 7.16. The number of benzene rings is 2. The lowest BCUT2D eigenvalue weighted by molar-refractivity contribution is -0.119. The number of urea groups is 1. The van der Waals surface area contributed by atoms with Gasteiger partial charge in [-0.05, 0) is 31.0 Å². The number of hydrogen-bond donors (Lipinski definition) is 2. The van der Waals surface area contributed by atoms with Crippen molar-refractivity contribution in [2.75, 3.05) is 0 Å². The van der Waals surface area contributed by atoms with Crippen LogP contribution in [0.15, 0.2) is 64.2 Å². The molecular formula is C20H20BrN5O2S. The molecule has 0 aliphatic rings. The number of nitrogens with one attached hydrogen (secondary N) is 1.